The smallest absolute Gasteiger partial charge is 0.423 e. The average Bonchev–Trinajstić information content (AvgIpc) is 3.38. The molecule has 5 rings (SSSR count). The fraction of sp³-hybridized carbons (Fsp3) is 0.444. The number of carbonyl (C=O) groups excluding carboxylic acids is 1. The second kappa shape index (κ2) is 11.6. The lowest BCUT2D eigenvalue weighted by molar-refractivity contribution is -0.274. The molecule has 2 aromatic carbocycles. The third-order valence-corrected chi connectivity index (χ3v) is 7.16. The maximum Gasteiger partial charge on any atom is 0.573 e. The molecule has 0 radical (unpaired) electrons. The number of ether oxygens (including phenoxy) is 2. The van der Waals surface area contributed by atoms with Gasteiger partial charge in [-0.25, -0.2) is 0 Å². The molecular weight excluding hydrogens is 572 g/mol. The van der Waals surface area contributed by atoms with Crippen molar-refractivity contribution < 1.29 is 45.0 Å². The largest absolute Gasteiger partial charge is 0.573 e. The number of amides is 1. The zero-order valence-corrected chi connectivity index (χ0v) is 22.0. The number of halogens is 6. The predicted molar refractivity (Wildman–Crippen MR) is 137 cm³/mol. The molecule has 0 atom stereocenters. The highest BCUT2D eigenvalue weighted by Gasteiger charge is 2.35. The maximum absolute atomic E-state index is 13.3. The summed E-state index contributed by atoms with van der Waals surface area (Å²) >= 11 is 0. The lowest BCUT2D eigenvalue weighted by Crippen LogP contribution is -2.50. The van der Waals surface area contributed by atoms with Crippen LogP contribution in [-0.4, -0.2) is 74.1 Å². The van der Waals surface area contributed by atoms with E-state index in [2.05, 4.69) is 9.72 Å². The fourth-order valence-corrected chi connectivity index (χ4v) is 5.00. The van der Waals surface area contributed by atoms with E-state index >= 15 is 0 Å². The summed E-state index contributed by atoms with van der Waals surface area (Å²) in [6.07, 6.45) is -8.62. The first kappa shape index (κ1) is 29.3. The van der Waals surface area contributed by atoms with Crippen LogP contribution in [0.2, 0.25) is 0 Å². The molecule has 2 aliphatic rings. The number of hydrogen-bond donors (Lipinski definition) is 0. The van der Waals surface area contributed by atoms with Crippen LogP contribution in [0.4, 0.5) is 38.0 Å². The van der Waals surface area contributed by atoms with Crippen molar-refractivity contribution >= 4 is 28.7 Å². The number of oxazole rings is 1. The standard InChI is InChI=1S/C27H25F6N5O4/c28-26(29,30)21-13-18(2-1-17(21)15-34)36-7-5-19(6-8-36)40-16-24(39)37-9-11-38(12-10-37)25-35-22-14-20(42-27(31,32)33)3-4-23(22)41-25/h1-4,13-14,19H,5-12,16H2. The number of anilines is 2. The van der Waals surface area contributed by atoms with E-state index in [1.807, 2.05) is 0 Å². The van der Waals surface area contributed by atoms with Gasteiger partial charge in [0.05, 0.1) is 23.3 Å². The van der Waals surface area contributed by atoms with E-state index in [0.29, 0.717) is 63.4 Å². The molecule has 2 fully saturated rings. The first-order valence-electron chi connectivity index (χ1n) is 13.1. The number of nitriles is 1. The van der Waals surface area contributed by atoms with Crippen molar-refractivity contribution in [3.05, 3.63) is 47.5 Å². The molecule has 0 unspecified atom stereocenters. The number of alkyl halides is 6. The lowest BCUT2D eigenvalue weighted by atomic mass is 10.0. The van der Waals surface area contributed by atoms with Gasteiger partial charge in [0, 0.05) is 51.0 Å². The van der Waals surface area contributed by atoms with Gasteiger partial charge in [0.25, 0.3) is 6.01 Å². The molecule has 15 heteroatoms. The molecule has 3 heterocycles. The van der Waals surface area contributed by atoms with Gasteiger partial charge in [0.15, 0.2) is 5.58 Å². The van der Waals surface area contributed by atoms with Gasteiger partial charge in [0.1, 0.15) is 17.9 Å². The molecule has 0 spiro atoms. The number of hydrogen-bond acceptors (Lipinski definition) is 8. The zero-order valence-electron chi connectivity index (χ0n) is 22.0. The minimum atomic E-state index is -4.82. The quantitative estimate of drug-likeness (QED) is 0.369. The Balaban J connectivity index is 1.08. The third kappa shape index (κ3) is 6.81. The Morgan fingerprint density at radius 1 is 0.976 bits per heavy atom. The zero-order chi connectivity index (χ0) is 30.1. The normalized spacial score (nSPS) is 17.0. The van der Waals surface area contributed by atoms with Gasteiger partial charge < -0.3 is 28.6 Å². The average molecular weight is 598 g/mol. The van der Waals surface area contributed by atoms with E-state index in [9.17, 15) is 31.1 Å². The molecule has 0 aliphatic carbocycles. The Labute approximate surface area is 235 Å². The SMILES string of the molecule is N#Cc1ccc(N2CCC(OCC(=O)N3CCN(c4nc5cc(OC(F)(F)F)ccc5o4)CC3)CC2)cc1C(F)(F)F. The van der Waals surface area contributed by atoms with Crippen LogP contribution in [0.15, 0.2) is 40.8 Å². The van der Waals surface area contributed by atoms with Gasteiger partial charge >= 0.3 is 12.5 Å². The van der Waals surface area contributed by atoms with Crippen LogP contribution in [0.5, 0.6) is 5.75 Å². The van der Waals surface area contributed by atoms with Crippen molar-refractivity contribution in [2.45, 2.75) is 31.5 Å². The number of aromatic nitrogens is 1. The number of nitrogens with zero attached hydrogens (tertiary/aromatic N) is 5. The molecule has 224 valence electrons. The molecule has 0 N–H and O–H groups in total. The molecule has 1 aromatic heterocycles. The van der Waals surface area contributed by atoms with E-state index in [4.69, 9.17) is 14.4 Å². The molecule has 42 heavy (non-hydrogen) atoms. The summed E-state index contributed by atoms with van der Waals surface area (Å²) in [5.74, 6) is -0.605. The van der Waals surface area contributed by atoms with Crippen LogP contribution < -0.4 is 14.5 Å². The van der Waals surface area contributed by atoms with Crippen LogP contribution in [-0.2, 0) is 15.7 Å². The number of benzene rings is 2. The number of piperazine rings is 1. The Kier molecular flexibility index (Phi) is 8.09. The number of fused-ring (bicyclic) bond motifs is 1. The number of piperidine rings is 1. The van der Waals surface area contributed by atoms with Crippen molar-refractivity contribution in [3.63, 3.8) is 0 Å². The van der Waals surface area contributed by atoms with Crippen LogP contribution in [0.1, 0.15) is 24.0 Å². The summed E-state index contributed by atoms with van der Waals surface area (Å²) in [7, 11) is 0. The van der Waals surface area contributed by atoms with Crippen LogP contribution in [0.25, 0.3) is 11.1 Å². The highest BCUT2D eigenvalue weighted by atomic mass is 19.4. The molecule has 2 aliphatic heterocycles. The summed E-state index contributed by atoms with van der Waals surface area (Å²) in [4.78, 5) is 22.2. The highest BCUT2D eigenvalue weighted by Crippen LogP contribution is 2.35. The van der Waals surface area contributed by atoms with Gasteiger partial charge in [-0.05, 0) is 43.2 Å². The Hall–Kier alpha value is -4.19. The monoisotopic (exact) mass is 597 g/mol. The van der Waals surface area contributed by atoms with Crippen LogP contribution in [0, 0.1) is 11.3 Å². The summed E-state index contributed by atoms with van der Waals surface area (Å²) in [5.41, 5.74) is -0.497. The van der Waals surface area contributed by atoms with E-state index < -0.39 is 29.4 Å². The van der Waals surface area contributed by atoms with Crippen molar-refractivity contribution in [1.29, 1.82) is 5.26 Å². The maximum atomic E-state index is 13.3. The molecule has 1 amide bonds. The molecule has 2 saturated heterocycles. The Bertz CT molecular complexity index is 1470. The van der Waals surface area contributed by atoms with Crippen LogP contribution >= 0.6 is 0 Å². The number of carbonyl (C=O) groups is 1. The molecular formula is C27H25F6N5O4. The van der Waals surface area contributed by atoms with Crippen molar-refractivity contribution in [3.8, 4) is 11.8 Å². The third-order valence-electron chi connectivity index (χ3n) is 7.16. The Morgan fingerprint density at radius 3 is 2.33 bits per heavy atom. The van der Waals surface area contributed by atoms with Gasteiger partial charge in [-0.1, -0.05) is 0 Å². The highest BCUT2D eigenvalue weighted by molar-refractivity contribution is 5.78. The van der Waals surface area contributed by atoms with Gasteiger partial charge in [-0.2, -0.15) is 23.4 Å². The van der Waals surface area contributed by atoms with Gasteiger partial charge in [-0.15, -0.1) is 13.2 Å². The molecule has 0 saturated carbocycles. The topological polar surface area (TPSA) is 95.1 Å². The van der Waals surface area contributed by atoms with E-state index in [0.717, 1.165) is 18.2 Å². The molecule has 9 nitrogen and oxygen atoms in total. The summed E-state index contributed by atoms with van der Waals surface area (Å²) in [5, 5.41) is 8.99. The van der Waals surface area contributed by atoms with E-state index in [-0.39, 0.29) is 30.1 Å². The minimum Gasteiger partial charge on any atom is -0.423 e. The Morgan fingerprint density at radius 2 is 1.69 bits per heavy atom. The second-order valence-corrected chi connectivity index (χ2v) is 9.88. The minimum absolute atomic E-state index is 0.134. The first-order valence-corrected chi connectivity index (χ1v) is 13.1. The predicted octanol–water partition coefficient (Wildman–Crippen LogP) is 4.95. The van der Waals surface area contributed by atoms with Crippen LogP contribution in [0.3, 0.4) is 0 Å². The lowest BCUT2D eigenvalue weighted by Gasteiger charge is -2.35. The van der Waals surface area contributed by atoms with Crippen molar-refractivity contribution in [2.24, 2.45) is 0 Å². The number of rotatable bonds is 6. The van der Waals surface area contributed by atoms with E-state index in [1.165, 1.54) is 18.2 Å². The van der Waals surface area contributed by atoms with Gasteiger partial charge in [0.2, 0.25) is 5.91 Å². The van der Waals surface area contributed by atoms with E-state index in [1.54, 1.807) is 20.8 Å². The summed E-state index contributed by atoms with van der Waals surface area (Å²) < 4.78 is 92.8. The summed E-state index contributed by atoms with van der Waals surface area (Å²) in [6.45, 7) is 2.26. The van der Waals surface area contributed by atoms with Crippen molar-refractivity contribution in [2.75, 3.05) is 55.7 Å². The first-order chi connectivity index (χ1) is 19.9. The fourth-order valence-electron chi connectivity index (χ4n) is 5.00. The van der Waals surface area contributed by atoms with Crippen molar-refractivity contribution in [1.82, 2.24) is 9.88 Å². The molecule has 3 aromatic rings. The molecule has 0 bridgehead atoms. The summed E-state index contributed by atoms with van der Waals surface area (Å²) in [6, 6.07) is 9.10. The van der Waals surface area contributed by atoms with Gasteiger partial charge in [-0.3, -0.25) is 4.79 Å². The second-order valence-electron chi connectivity index (χ2n) is 9.88.